The zero-order valence-electron chi connectivity index (χ0n) is 4.48. The van der Waals surface area contributed by atoms with E-state index in [9.17, 15) is 0 Å². The number of rotatable bonds is 0. The average molecular weight is 129 g/mol. The van der Waals surface area contributed by atoms with Crippen LogP contribution in [0.15, 0.2) is 12.2 Å². The van der Waals surface area contributed by atoms with Crippen LogP contribution < -0.4 is 4.90 Å². The molecule has 0 fully saturated rings. The zero-order valence-corrected chi connectivity index (χ0v) is 4.48. The van der Waals surface area contributed by atoms with Crippen LogP contribution in [0.3, 0.4) is 0 Å². The van der Waals surface area contributed by atoms with Crippen LogP contribution in [0.25, 0.3) is 0 Å². The highest BCUT2D eigenvalue weighted by Crippen LogP contribution is 1.80. The van der Waals surface area contributed by atoms with E-state index >= 15 is 0 Å². The standard InChI is InChI=1S/C6H11N.2CH4/c1-7-5-3-2-4-6-7;;/h2-3,7H,1,4-6H2;2*1H4. The van der Waals surface area contributed by atoms with E-state index < -0.39 is 0 Å². The molecule has 0 saturated heterocycles. The van der Waals surface area contributed by atoms with E-state index in [0.717, 1.165) is 6.54 Å². The summed E-state index contributed by atoms with van der Waals surface area (Å²) in [5.74, 6) is 0. The summed E-state index contributed by atoms with van der Waals surface area (Å²) < 4.78 is 0. The highest BCUT2D eigenvalue weighted by Gasteiger charge is 1.94. The third kappa shape index (κ3) is 4.22. The lowest BCUT2D eigenvalue weighted by molar-refractivity contribution is -0.848. The molecular formula is C8H19N. The third-order valence-electron chi connectivity index (χ3n) is 1.24. The van der Waals surface area contributed by atoms with E-state index in [-0.39, 0.29) is 14.9 Å². The fourth-order valence-electron chi connectivity index (χ4n) is 0.757. The molecule has 1 heteroatoms. The van der Waals surface area contributed by atoms with E-state index in [1.165, 1.54) is 17.9 Å². The van der Waals surface area contributed by atoms with Crippen molar-refractivity contribution in [2.24, 2.45) is 0 Å². The third-order valence-corrected chi connectivity index (χ3v) is 1.24. The van der Waals surface area contributed by atoms with Crippen molar-refractivity contribution in [1.29, 1.82) is 0 Å². The minimum absolute atomic E-state index is 0. The summed E-state index contributed by atoms with van der Waals surface area (Å²) in [5, 5.41) is 0. The number of quaternary nitrogens is 1. The maximum atomic E-state index is 3.86. The summed E-state index contributed by atoms with van der Waals surface area (Å²) in [6, 6.07) is 0. The minimum Gasteiger partial charge on any atom is -0.464 e. The van der Waals surface area contributed by atoms with E-state index in [4.69, 9.17) is 0 Å². The van der Waals surface area contributed by atoms with Crippen LogP contribution in [-0.2, 0) is 0 Å². The number of hydrogen-bond donors (Lipinski definition) is 1. The van der Waals surface area contributed by atoms with Crippen molar-refractivity contribution in [1.82, 2.24) is 0 Å². The minimum atomic E-state index is 0. The van der Waals surface area contributed by atoms with Crippen molar-refractivity contribution in [3.05, 3.63) is 19.2 Å². The van der Waals surface area contributed by atoms with Gasteiger partial charge in [-0.3, -0.25) is 0 Å². The van der Waals surface area contributed by atoms with Gasteiger partial charge in [0.15, 0.2) is 0 Å². The first-order chi connectivity index (χ1) is 3.39. The maximum Gasteiger partial charge on any atom is 0.0717 e. The molecule has 1 heterocycles. The van der Waals surface area contributed by atoms with Crippen molar-refractivity contribution in [2.75, 3.05) is 13.1 Å². The Morgan fingerprint density at radius 2 is 1.89 bits per heavy atom. The Morgan fingerprint density at radius 1 is 1.22 bits per heavy atom. The molecule has 0 spiro atoms. The topological polar surface area (TPSA) is 4.44 Å². The first kappa shape index (κ1) is 11.5. The average Bonchev–Trinajstić information content (AvgIpc) is 1.69. The Balaban J connectivity index is 0. The van der Waals surface area contributed by atoms with Gasteiger partial charge < -0.3 is 4.90 Å². The van der Waals surface area contributed by atoms with Gasteiger partial charge in [0.2, 0.25) is 0 Å². The normalized spacial score (nSPS) is 23.9. The van der Waals surface area contributed by atoms with Gasteiger partial charge in [0.05, 0.1) is 13.1 Å². The lowest BCUT2D eigenvalue weighted by atomic mass is 10.3. The summed E-state index contributed by atoms with van der Waals surface area (Å²) >= 11 is 0. The second-order valence-electron chi connectivity index (χ2n) is 1.96. The van der Waals surface area contributed by atoms with Crippen molar-refractivity contribution in [3.8, 4) is 0 Å². The Kier molecular flexibility index (Phi) is 7.44. The molecule has 1 aliphatic rings. The largest absolute Gasteiger partial charge is 0.464 e. The molecule has 0 amide bonds. The number of hydrogen-bond acceptors (Lipinski definition) is 0. The van der Waals surface area contributed by atoms with Crippen molar-refractivity contribution in [3.63, 3.8) is 0 Å². The van der Waals surface area contributed by atoms with Crippen LogP contribution in [0, 0.1) is 7.05 Å². The first-order valence-corrected chi connectivity index (χ1v) is 2.71. The van der Waals surface area contributed by atoms with Crippen LogP contribution in [-0.4, -0.2) is 13.1 Å². The fourth-order valence-corrected chi connectivity index (χ4v) is 0.757. The van der Waals surface area contributed by atoms with Gasteiger partial charge >= 0.3 is 0 Å². The van der Waals surface area contributed by atoms with E-state index in [1.807, 2.05) is 0 Å². The molecular weight excluding hydrogens is 110 g/mol. The molecule has 1 N–H and O–H groups in total. The summed E-state index contributed by atoms with van der Waals surface area (Å²) in [5.41, 5.74) is 0. The Hall–Kier alpha value is -0.300. The predicted molar refractivity (Wildman–Crippen MR) is 43.3 cm³/mol. The first-order valence-electron chi connectivity index (χ1n) is 2.71. The molecule has 1 aliphatic heterocycles. The molecule has 0 aliphatic carbocycles. The summed E-state index contributed by atoms with van der Waals surface area (Å²) in [4.78, 5) is 1.38. The Bertz CT molecular complexity index is 76.6. The molecule has 56 valence electrons. The van der Waals surface area contributed by atoms with Gasteiger partial charge in [-0.05, 0) is 6.08 Å². The monoisotopic (exact) mass is 129 g/mol. The van der Waals surface area contributed by atoms with Crippen molar-refractivity contribution >= 4 is 0 Å². The Labute approximate surface area is 59.4 Å². The number of nitrogens with one attached hydrogen (secondary N) is 1. The van der Waals surface area contributed by atoms with Crippen LogP contribution >= 0.6 is 0 Å². The fraction of sp³-hybridized carbons (Fsp3) is 0.625. The van der Waals surface area contributed by atoms with Gasteiger partial charge in [0, 0.05) is 6.42 Å². The molecule has 1 rings (SSSR count). The smallest absolute Gasteiger partial charge is 0.0717 e. The maximum absolute atomic E-state index is 3.86. The highest BCUT2D eigenvalue weighted by atomic mass is 15.1. The van der Waals surface area contributed by atoms with Crippen molar-refractivity contribution in [2.45, 2.75) is 21.3 Å². The predicted octanol–water partition coefficient (Wildman–Crippen LogP) is 0.895. The summed E-state index contributed by atoms with van der Waals surface area (Å²) in [6.07, 6.45) is 5.61. The summed E-state index contributed by atoms with van der Waals surface area (Å²) in [7, 11) is 3.86. The van der Waals surface area contributed by atoms with Crippen LogP contribution in [0.4, 0.5) is 0 Å². The second kappa shape index (κ2) is 5.83. The zero-order chi connectivity index (χ0) is 5.11. The molecule has 1 nitrogen and oxygen atoms in total. The SMILES string of the molecule is C.C.[CH2-][NH+]1CC=CCC1. The van der Waals surface area contributed by atoms with E-state index in [1.54, 1.807) is 0 Å². The molecule has 9 heavy (non-hydrogen) atoms. The van der Waals surface area contributed by atoms with Crippen LogP contribution in [0.1, 0.15) is 21.3 Å². The van der Waals surface area contributed by atoms with Crippen molar-refractivity contribution < 1.29 is 4.90 Å². The van der Waals surface area contributed by atoms with E-state index in [0.29, 0.717) is 0 Å². The molecule has 1 atom stereocenters. The molecule has 0 aromatic rings. The van der Waals surface area contributed by atoms with Gasteiger partial charge in [-0.25, -0.2) is 0 Å². The van der Waals surface area contributed by atoms with Gasteiger partial charge in [-0.2, -0.15) is 7.05 Å². The van der Waals surface area contributed by atoms with Crippen LogP contribution in [0.2, 0.25) is 0 Å². The quantitative estimate of drug-likeness (QED) is 0.366. The summed E-state index contributed by atoms with van der Waals surface area (Å²) in [6.45, 7) is 2.32. The van der Waals surface area contributed by atoms with E-state index in [2.05, 4.69) is 19.2 Å². The molecule has 1 unspecified atom stereocenters. The molecule has 0 radical (unpaired) electrons. The van der Waals surface area contributed by atoms with Gasteiger partial charge in [0.25, 0.3) is 0 Å². The molecule has 0 aromatic carbocycles. The molecule has 0 saturated carbocycles. The van der Waals surface area contributed by atoms with Crippen LogP contribution in [0.5, 0.6) is 0 Å². The lowest BCUT2D eigenvalue weighted by Crippen LogP contribution is -3.07. The lowest BCUT2D eigenvalue weighted by Gasteiger charge is -2.20. The molecule has 0 aromatic heterocycles. The highest BCUT2D eigenvalue weighted by molar-refractivity contribution is 4.83. The second-order valence-corrected chi connectivity index (χ2v) is 1.96. The van der Waals surface area contributed by atoms with Gasteiger partial charge in [-0.15, -0.1) is 0 Å². The van der Waals surface area contributed by atoms with Gasteiger partial charge in [0.1, 0.15) is 0 Å². The van der Waals surface area contributed by atoms with Gasteiger partial charge in [-0.1, -0.05) is 20.9 Å². The molecule has 0 bridgehead atoms. The Morgan fingerprint density at radius 3 is 2.11 bits per heavy atom.